The first-order chi connectivity index (χ1) is 9.68. The van der Waals surface area contributed by atoms with Crippen LogP contribution in [0.3, 0.4) is 0 Å². The van der Waals surface area contributed by atoms with Crippen molar-refractivity contribution >= 4 is 33.3 Å². The third-order valence-electron chi connectivity index (χ3n) is 2.69. The highest BCUT2D eigenvalue weighted by Gasteiger charge is 2.32. The molecule has 110 valence electrons. The van der Waals surface area contributed by atoms with Crippen LogP contribution in [-0.4, -0.2) is 10.9 Å². The van der Waals surface area contributed by atoms with Crippen molar-refractivity contribution in [3.8, 4) is 5.75 Å². The molecule has 2 rings (SSSR count). The first-order valence-corrected chi connectivity index (χ1v) is 6.76. The summed E-state index contributed by atoms with van der Waals surface area (Å²) in [5.74, 6) is -1.10. The molecule has 2 aromatic carbocycles. The van der Waals surface area contributed by atoms with Gasteiger partial charge in [0, 0.05) is 15.1 Å². The molecule has 0 aliphatic carbocycles. The Balaban J connectivity index is 2.54. The van der Waals surface area contributed by atoms with Crippen LogP contribution in [0, 0.1) is 0 Å². The Kier molecular flexibility index (Phi) is 4.30. The number of phenolic OH excluding ortho intramolecular Hbond substituents is 1. The van der Waals surface area contributed by atoms with E-state index in [-0.39, 0.29) is 26.4 Å². The summed E-state index contributed by atoms with van der Waals surface area (Å²) in [7, 11) is 0. The average molecular weight is 380 g/mol. The van der Waals surface area contributed by atoms with Gasteiger partial charge in [-0.1, -0.05) is 27.5 Å². The van der Waals surface area contributed by atoms with Crippen LogP contribution < -0.4 is 0 Å². The molecule has 0 spiro atoms. The maximum Gasteiger partial charge on any atom is 0.416 e. The van der Waals surface area contributed by atoms with Gasteiger partial charge in [0.25, 0.3) is 0 Å². The van der Waals surface area contributed by atoms with Gasteiger partial charge in [-0.15, -0.1) is 0 Å². The summed E-state index contributed by atoms with van der Waals surface area (Å²) in [6.07, 6.45) is -4.57. The Labute approximate surface area is 131 Å². The number of carbonyl (C=O) groups excluding carboxylic acids is 1. The minimum absolute atomic E-state index is 0.113. The van der Waals surface area contributed by atoms with Crippen LogP contribution in [0.15, 0.2) is 40.9 Å². The van der Waals surface area contributed by atoms with Gasteiger partial charge in [-0.3, -0.25) is 4.79 Å². The SMILES string of the molecule is O=C(c1cc(Br)cc(C(F)(F)F)c1)c1cc(Cl)ccc1O. The van der Waals surface area contributed by atoms with Crippen molar-refractivity contribution in [1.82, 2.24) is 0 Å². The summed E-state index contributed by atoms with van der Waals surface area (Å²) >= 11 is 8.67. The van der Waals surface area contributed by atoms with Crippen LogP contribution in [0.25, 0.3) is 0 Å². The lowest BCUT2D eigenvalue weighted by Gasteiger charge is -2.10. The smallest absolute Gasteiger partial charge is 0.416 e. The van der Waals surface area contributed by atoms with Crippen LogP contribution in [0.1, 0.15) is 21.5 Å². The van der Waals surface area contributed by atoms with E-state index in [1.54, 1.807) is 0 Å². The van der Waals surface area contributed by atoms with Crippen LogP contribution in [0.4, 0.5) is 13.2 Å². The molecular formula is C14H7BrClF3O2. The Bertz CT molecular complexity index is 714. The van der Waals surface area contributed by atoms with E-state index in [0.29, 0.717) is 0 Å². The van der Waals surface area contributed by atoms with E-state index in [2.05, 4.69) is 15.9 Å². The van der Waals surface area contributed by atoms with Crippen molar-refractivity contribution in [2.75, 3.05) is 0 Å². The standard InChI is InChI=1S/C14H7BrClF3O2/c15-9-4-7(3-8(5-9)14(17,18)19)13(21)11-6-10(16)1-2-12(11)20/h1-6,20H. The minimum Gasteiger partial charge on any atom is -0.507 e. The zero-order valence-corrected chi connectivity index (χ0v) is 12.6. The topological polar surface area (TPSA) is 37.3 Å². The maximum absolute atomic E-state index is 12.8. The molecule has 21 heavy (non-hydrogen) atoms. The molecule has 2 aromatic rings. The molecule has 0 radical (unpaired) electrons. The lowest BCUT2D eigenvalue weighted by atomic mass is 10.0. The Morgan fingerprint density at radius 3 is 2.43 bits per heavy atom. The van der Waals surface area contributed by atoms with E-state index in [4.69, 9.17) is 11.6 Å². The van der Waals surface area contributed by atoms with E-state index in [1.807, 2.05) is 0 Å². The maximum atomic E-state index is 12.8. The predicted molar refractivity (Wildman–Crippen MR) is 75.7 cm³/mol. The third-order valence-corrected chi connectivity index (χ3v) is 3.38. The monoisotopic (exact) mass is 378 g/mol. The number of ketones is 1. The molecule has 2 nitrogen and oxygen atoms in total. The number of carbonyl (C=O) groups is 1. The number of phenols is 1. The fourth-order valence-corrected chi connectivity index (χ4v) is 2.40. The number of rotatable bonds is 2. The van der Waals surface area contributed by atoms with Crippen molar-refractivity contribution in [2.24, 2.45) is 0 Å². The van der Waals surface area contributed by atoms with Gasteiger partial charge in [0.1, 0.15) is 5.75 Å². The molecule has 0 heterocycles. The summed E-state index contributed by atoms with van der Waals surface area (Å²) in [6, 6.07) is 6.63. The third kappa shape index (κ3) is 3.57. The van der Waals surface area contributed by atoms with Gasteiger partial charge < -0.3 is 5.11 Å². The van der Waals surface area contributed by atoms with Crippen molar-refractivity contribution < 1.29 is 23.1 Å². The molecule has 0 bridgehead atoms. The molecule has 7 heteroatoms. The van der Waals surface area contributed by atoms with Gasteiger partial charge in [-0.25, -0.2) is 0 Å². The van der Waals surface area contributed by atoms with E-state index in [9.17, 15) is 23.1 Å². The summed E-state index contributed by atoms with van der Waals surface area (Å²) in [5, 5.41) is 9.85. The first-order valence-electron chi connectivity index (χ1n) is 5.59. The van der Waals surface area contributed by atoms with Gasteiger partial charge in [0.05, 0.1) is 11.1 Å². The van der Waals surface area contributed by atoms with Crippen LogP contribution in [0.2, 0.25) is 5.02 Å². The van der Waals surface area contributed by atoms with Crippen LogP contribution in [-0.2, 0) is 6.18 Å². The molecule has 1 N–H and O–H groups in total. The van der Waals surface area contributed by atoms with Crippen molar-refractivity contribution in [1.29, 1.82) is 0 Å². The summed E-state index contributed by atoms with van der Waals surface area (Å²) in [6.45, 7) is 0. The number of hydrogen-bond donors (Lipinski definition) is 1. The molecule has 0 atom stereocenters. The number of benzene rings is 2. The van der Waals surface area contributed by atoms with Crippen molar-refractivity contribution in [3.63, 3.8) is 0 Å². The Morgan fingerprint density at radius 2 is 1.81 bits per heavy atom. The fraction of sp³-hybridized carbons (Fsp3) is 0.0714. The van der Waals surface area contributed by atoms with Crippen molar-refractivity contribution in [2.45, 2.75) is 6.18 Å². The Hall–Kier alpha value is -1.53. The second-order valence-electron chi connectivity index (χ2n) is 4.22. The highest BCUT2D eigenvalue weighted by atomic mass is 79.9. The van der Waals surface area contributed by atoms with E-state index in [1.165, 1.54) is 24.3 Å². The van der Waals surface area contributed by atoms with Gasteiger partial charge in [-0.05, 0) is 36.4 Å². The molecule has 0 saturated heterocycles. The molecule has 0 fully saturated rings. The van der Waals surface area contributed by atoms with Gasteiger partial charge >= 0.3 is 6.18 Å². The van der Waals surface area contributed by atoms with Crippen LogP contribution in [0.5, 0.6) is 5.75 Å². The average Bonchev–Trinajstić information content (AvgIpc) is 2.39. The first kappa shape index (κ1) is 15.9. The number of halogens is 5. The summed E-state index contributed by atoms with van der Waals surface area (Å²) in [5.41, 5.74) is -1.32. The summed E-state index contributed by atoms with van der Waals surface area (Å²) in [4.78, 5) is 12.2. The molecular weight excluding hydrogens is 373 g/mol. The number of aromatic hydroxyl groups is 1. The van der Waals surface area contributed by atoms with Crippen molar-refractivity contribution in [3.05, 3.63) is 62.6 Å². The van der Waals surface area contributed by atoms with Crippen LogP contribution >= 0.6 is 27.5 Å². The molecule has 0 saturated carbocycles. The minimum atomic E-state index is -4.57. The van der Waals surface area contributed by atoms with E-state index < -0.39 is 17.5 Å². The fourth-order valence-electron chi connectivity index (χ4n) is 1.73. The lowest BCUT2D eigenvalue weighted by Crippen LogP contribution is -2.08. The molecule has 0 aromatic heterocycles. The largest absolute Gasteiger partial charge is 0.507 e. The van der Waals surface area contributed by atoms with E-state index >= 15 is 0 Å². The van der Waals surface area contributed by atoms with Gasteiger partial charge in [-0.2, -0.15) is 13.2 Å². The number of hydrogen-bond acceptors (Lipinski definition) is 2. The second-order valence-corrected chi connectivity index (χ2v) is 5.57. The lowest BCUT2D eigenvalue weighted by molar-refractivity contribution is -0.137. The van der Waals surface area contributed by atoms with Gasteiger partial charge in [0.15, 0.2) is 5.78 Å². The molecule has 0 unspecified atom stereocenters. The molecule has 0 aliphatic rings. The highest BCUT2D eigenvalue weighted by molar-refractivity contribution is 9.10. The Morgan fingerprint density at radius 1 is 1.14 bits per heavy atom. The zero-order chi connectivity index (χ0) is 15.8. The molecule has 0 aliphatic heterocycles. The number of alkyl halides is 3. The van der Waals surface area contributed by atoms with E-state index in [0.717, 1.165) is 12.1 Å². The quantitative estimate of drug-likeness (QED) is 0.741. The normalized spacial score (nSPS) is 11.5. The molecule has 0 amide bonds. The van der Waals surface area contributed by atoms with Gasteiger partial charge in [0.2, 0.25) is 0 Å². The predicted octanol–water partition coefficient (Wildman–Crippen LogP) is 5.06. The zero-order valence-electron chi connectivity index (χ0n) is 10.2. The second kappa shape index (κ2) is 5.69. The summed E-state index contributed by atoms with van der Waals surface area (Å²) < 4.78 is 38.4. The highest BCUT2D eigenvalue weighted by Crippen LogP contribution is 2.33.